The fourth-order valence-electron chi connectivity index (χ4n) is 2.65. The maximum Gasteiger partial charge on any atom is 0.273 e. The maximum atomic E-state index is 12.6. The summed E-state index contributed by atoms with van der Waals surface area (Å²) in [6.07, 6.45) is 5.13. The van der Waals surface area contributed by atoms with E-state index in [2.05, 4.69) is 9.97 Å². The zero-order valence-corrected chi connectivity index (χ0v) is 13.1. The molecule has 1 unspecified atom stereocenters. The molecule has 2 heterocycles. The van der Waals surface area contributed by atoms with Gasteiger partial charge in [-0.25, -0.2) is 4.98 Å². The van der Waals surface area contributed by atoms with E-state index in [9.17, 15) is 14.9 Å². The molecule has 8 nitrogen and oxygen atoms in total. The molecule has 124 valence electrons. The third-order valence-electron chi connectivity index (χ3n) is 3.91. The second-order valence-corrected chi connectivity index (χ2v) is 5.58. The van der Waals surface area contributed by atoms with Crippen molar-refractivity contribution in [1.82, 2.24) is 14.9 Å². The molecular formula is C16H16N4O4. The third kappa shape index (κ3) is 3.32. The first kappa shape index (κ1) is 15.9. The monoisotopic (exact) mass is 328 g/mol. The van der Waals surface area contributed by atoms with Gasteiger partial charge in [0.15, 0.2) is 0 Å². The molecule has 24 heavy (non-hydrogen) atoms. The molecule has 3 rings (SSSR count). The van der Waals surface area contributed by atoms with Crippen LogP contribution in [0.4, 0.5) is 5.69 Å². The van der Waals surface area contributed by atoms with Crippen LogP contribution in [0.3, 0.4) is 0 Å². The molecule has 0 saturated carbocycles. The summed E-state index contributed by atoms with van der Waals surface area (Å²) in [4.78, 5) is 32.7. The number of nitrogens with zero attached hydrogens (tertiary/aromatic N) is 4. The normalized spacial score (nSPS) is 16.9. The molecule has 0 aliphatic carbocycles. The second kappa shape index (κ2) is 6.61. The second-order valence-electron chi connectivity index (χ2n) is 5.58. The standard InChI is InChI=1S/C16H16N4O4/c1-11-2-3-12(8-14(11)20(22)23)16(21)19-7-4-13(10-19)24-15-9-17-5-6-18-15/h2-3,5-6,8-9,13H,4,7,10H2,1H3. The molecule has 1 atom stereocenters. The number of aromatic nitrogens is 2. The fraction of sp³-hybridized carbons (Fsp3) is 0.312. The largest absolute Gasteiger partial charge is 0.471 e. The van der Waals surface area contributed by atoms with Crippen molar-refractivity contribution in [3.63, 3.8) is 0 Å². The van der Waals surface area contributed by atoms with Crippen molar-refractivity contribution < 1.29 is 14.5 Å². The number of rotatable bonds is 4. The van der Waals surface area contributed by atoms with Crippen molar-refractivity contribution in [3.8, 4) is 5.88 Å². The molecule has 1 aromatic heterocycles. The van der Waals surface area contributed by atoms with Gasteiger partial charge >= 0.3 is 0 Å². The Kier molecular flexibility index (Phi) is 4.37. The number of amides is 1. The molecular weight excluding hydrogens is 312 g/mol. The van der Waals surface area contributed by atoms with Gasteiger partial charge in [-0.1, -0.05) is 6.07 Å². The van der Waals surface area contributed by atoms with Crippen molar-refractivity contribution in [1.29, 1.82) is 0 Å². The number of nitro benzene ring substituents is 1. The molecule has 1 aliphatic heterocycles. The highest BCUT2D eigenvalue weighted by molar-refractivity contribution is 5.95. The van der Waals surface area contributed by atoms with Gasteiger partial charge in [-0.05, 0) is 13.0 Å². The number of hydrogen-bond acceptors (Lipinski definition) is 6. The predicted octanol–water partition coefficient (Wildman–Crippen LogP) is 1.99. The van der Waals surface area contributed by atoms with Crippen LogP contribution in [0.15, 0.2) is 36.8 Å². The van der Waals surface area contributed by atoms with Crippen molar-refractivity contribution in [2.45, 2.75) is 19.4 Å². The molecule has 8 heteroatoms. The first-order valence-electron chi connectivity index (χ1n) is 7.51. The number of carbonyl (C=O) groups excluding carboxylic acids is 1. The highest BCUT2D eigenvalue weighted by atomic mass is 16.6. The van der Waals surface area contributed by atoms with Crippen molar-refractivity contribution in [2.75, 3.05) is 13.1 Å². The van der Waals surface area contributed by atoms with Gasteiger partial charge in [-0.2, -0.15) is 0 Å². The van der Waals surface area contributed by atoms with Crippen LogP contribution >= 0.6 is 0 Å². The summed E-state index contributed by atoms with van der Waals surface area (Å²) < 4.78 is 5.70. The minimum absolute atomic E-state index is 0.0487. The van der Waals surface area contributed by atoms with Gasteiger partial charge in [0.2, 0.25) is 5.88 Å². The average Bonchev–Trinajstić information content (AvgIpc) is 3.04. The van der Waals surface area contributed by atoms with Gasteiger partial charge in [-0.3, -0.25) is 19.9 Å². The van der Waals surface area contributed by atoms with Crippen LogP contribution in [-0.2, 0) is 0 Å². The van der Waals surface area contributed by atoms with E-state index in [0.717, 1.165) is 0 Å². The van der Waals surface area contributed by atoms with Crippen LogP contribution in [0, 0.1) is 17.0 Å². The molecule has 1 saturated heterocycles. The van der Waals surface area contributed by atoms with E-state index >= 15 is 0 Å². The summed E-state index contributed by atoms with van der Waals surface area (Å²) in [5.74, 6) is 0.186. The SMILES string of the molecule is Cc1ccc(C(=O)N2CCC(Oc3cnccn3)C2)cc1[N+](=O)[O-]. The molecule has 1 aromatic carbocycles. The Morgan fingerprint density at radius 3 is 2.96 bits per heavy atom. The van der Waals surface area contributed by atoms with E-state index in [1.54, 1.807) is 36.4 Å². The van der Waals surface area contributed by atoms with Gasteiger partial charge in [0.25, 0.3) is 11.6 Å². The summed E-state index contributed by atoms with van der Waals surface area (Å²) in [5.41, 5.74) is 0.793. The lowest BCUT2D eigenvalue weighted by Crippen LogP contribution is -2.31. The summed E-state index contributed by atoms with van der Waals surface area (Å²) in [7, 11) is 0. The number of benzene rings is 1. The quantitative estimate of drug-likeness (QED) is 0.629. The van der Waals surface area contributed by atoms with Crippen LogP contribution in [0.2, 0.25) is 0 Å². The van der Waals surface area contributed by atoms with E-state index in [1.807, 2.05) is 0 Å². The van der Waals surface area contributed by atoms with Gasteiger partial charge < -0.3 is 9.64 Å². The predicted molar refractivity (Wildman–Crippen MR) is 84.8 cm³/mol. The Hall–Kier alpha value is -3.03. The number of likely N-dealkylation sites (tertiary alicyclic amines) is 1. The average molecular weight is 328 g/mol. The minimum Gasteiger partial charge on any atom is -0.471 e. The van der Waals surface area contributed by atoms with Crippen LogP contribution in [-0.4, -0.2) is 44.9 Å². The lowest BCUT2D eigenvalue weighted by atomic mass is 10.1. The van der Waals surface area contributed by atoms with Crippen LogP contribution < -0.4 is 4.74 Å². The molecule has 1 aliphatic rings. The summed E-state index contributed by atoms with van der Waals surface area (Å²) in [6.45, 7) is 2.59. The summed E-state index contributed by atoms with van der Waals surface area (Å²) in [5, 5.41) is 11.0. The zero-order chi connectivity index (χ0) is 17.1. The first-order chi connectivity index (χ1) is 11.5. The lowest BCUT2D eigenvalue weighted by Gasteiger charge is -2.17. The number of hydrogen-bond donors (Lipinski definition) is 0. The molecule has 0 bridgehead atoms. The molecule has 0 spiro atoms. The molecule has 1 amide bonds. The van der Waals surface area contributed by atoms with Crippen molar-refractivity contribution >= 4 is 11.6 Å². The summed E-state index contributed by atoms with van der Waals surface area (Å²) in [6, 6.07) is 4.53. The van der Waals surface area contributed by atoms with Gasteiger partial charge in [-0.15, -0.1) is 0 Å². The Labute approximate surface area is 138 Å². The Morgan fingerprint density at radius 2 is 2.25 bits per heavy atom. The Balaban J connectivity index is 1.68. The topological polar surface area (TPSA) is 98.5 Å². The highest BCUT2D eigenvalue weighted by Crippen LogP contribution is 2.22. The Morgan fingerprint density at radius 1 is 1.42 bits per heavy atom. The summed E-state index contributed by atoms with van der Waals surface area (Å²) >= 11 is 0. The van der Waals surface area contributed by atoms with E-state index < -0.39 is 4.92 Å². The van der Waals surface area contributed by atoms with Crippen LogP contribution in [0.25, 0.3) is 0 Å². The van der Waals surface area contributed by atoms with E-state index in [1.165, 1.54) is 12.3 Å². The van der Waals surface area contributed by atoms with Crippen LogP contribution in [0.5, 0.6) is 5.88 Å². The third-order valence-corrected chi connectivity index (χ3v) is 3.91. The zero-order valence-electron chi connectivity index (χ0n) is 13.1. The van der Waals surface area contributed by atoms with Gasteiger partial charge in [0, 0.05) is 42.6 Å². The number of carbonyl (C=O) groups is 1. The lowest BCUT2D eigenvalue weighted by molar-refractivity contribution is -0.385. The minimum atomic E-state index is -0.476. The first-order valence-corrected chi connectivity index (χ1v) is 7.51. The van der Waals surface area contributed by atoms with Gasteiger partial charge in [0.05, 0.1) is 17.7 Å². The molecule has 2 aromatic rings. The van der Waals surface area contributed by atoms with Crippen LogP contribution in [0.1, 0.15) is 22.3 Å². The van der Waals surface area contributed by atoms with Crippen molar-refractivity contribution in [2.24, 2.45) is 0 Å². The maximum absolute atomic E-state index is 12.6. The number of aryl methyl sites for hydroxylation is 1. The molecule has 0 radical (unpaired) electrons. The smallest absolute Gasteiger partial charge is 0.273 e. The van der Waals surface area contributed by atoms with E-state index in [0.29, 0.717) is 36.5 Å². The molecule has 0 N–H and O–H groups in total. The fourth-order valence-corrected chi connectivity index (χ4v) is 2.65. The highest BCUT2D eigenvalue weighted by Gasteiger charge is 2.29. The van der Waals surface area contributed by atoms with Crippen molar-refractivity contribution in [3.05, 3.63) is 58.0 Å². The Bertz CT molecular complexity index is 766. The number of nitro groups is 1. The van der Waals surface area contributed by atoms with E-state index in [4.69, 9.17) is 4.74 Å². The van der Waals surface area contributed by atoms with E-state index in [-0.39, 0.29) is 17.7 Å². The molecule has 1 fully saturated rings. The van der Waals surface area contributed by atoms with Gasteiger partial charge in [0.1, 0.15) is 6.10 Å². The number of ether oxygens (including phenoxy) is 1.